The van der Waals surface area contributed by atoms with E-state index in [9.17, 15) is 26.8 Å². The SMILES string of the molecule is COc1cccc(C(=O)N2CCN(S(=O)(=O)c3ccc(C(C)=O)cc3)CC2)c1OC(F)F. The van der Waals surface area contributed by atoms with Gasteiger partial charge in [0.05, 0.1) is 17.6 Å². The molecule has 0 atom stereocenters. The molecule has 0 saturated carbocycles. The highest BCUT2D eigenvalue weighted by atomic mass is 32.2. The van der Waals surface area contributed by atoms with E-state index in [0.717, 1.165) is 0 Å². The number of carbonyl (C=O) groups excluding carboxylic acids is 2. The summed E-state index contributed by atoms with van der Waals surface area (Å²) in [5.74, 6) is -1.11. The fraction of sp³-hybridized carbons (Fsp3) is 0.333. The molecule has 1 fully saturated rings. The number of halogens is 2. The minimum atomic E-state index is -3.81. The maximum Gasteiger partial charge on any atom is 0.387 e. The highest BCUT2D eigenvalue weighted by molar-refractivity contribution is 7.89. The van der Waals surface area contributed by atoms with Crippen molar-refractivity contribution < 1.29 is 36.3 Å². The number of ketones is 1. The Kier molecular flexibility index (Phi) is 7.09. The van der Waals surface area contributed by atoms with Crippen LogP contribution in [0.3, 0.4) is 0 Å². The van der Waals surface area contributed by atoms with Crippen LogP contribution in [0.5, 0.6) is 11.5 Å². The van der Waals surface area contributed by atoms with Gasteiger partial charge in [-0.3, -0.25) is 9.59 Å². The zero-order valence-electron chi connectivity index (χ0n) is 17.5. The number of Topliss-reactive ketones (excluding diaryl/α,β-unsaturated/α-hetero) is 1. The molecule has 0 spiro atoms. The number of amides is 1. The molecule has 1 aliphatic heterocycles. The summed E-state index contributed by atoms with van der Waals surface area (Å²) in [6.07, 6.45) is 0. The van der Waals surface area contributed by atoms with Crippen LogP contribution >= 0.6 is 0 Å². The van der Waals surface area contributed by atoms with Crippen LogP contribution in [0.25, 0.3) is 0 Å². The largest absolute Gasteiger partial charge is 0.493 e. The van der Waals surface area contributed by atoms with Crippen LogP contribution in [0.15, 0.2) is 47.4 Å². The number of sulfonamides is 1. The summed E-state index contributed by atoms with van der Waals surface area (Å²) in [4.78, 5) is 25.8. The summed E-state index contributed by atoms with van der Waals surface area (Å²) < 4.78 is 62.2. The number of hydrogen-bond acceptors (Lipinski definition) is 6. The molecule has 0 aliphatic carbocycles. The number of hydrogen-bond donors (Lipinski definition) is 0. The van der Waals surface area contributed by atoms with Crippen molar-refractivity contribution in [3.8, 4) is 11.5 Å². The normalized spacial score (nSPS) is 15.0. The third-order valence-corrected chi connectivity index (χ3v) is 6.97. The second kappa shape index (κ2) is 9.61. The average Bonchev–Trinajstić information content (AvgIpc) is 2.78. The molecule has 11 heteroatoms. The van der Waals surface area contributed by atoms with Gasteiger partial charge in [-0.15, -0.1) is 0 Å². The third kappa shape index (κ3) is 4.89. The predicted molar refractivity (Wildman–Crippen MR) is 111 cm³/mol. The number of rotatable bonds is 7. The minimum Gasteiger partial charge on any atom is -0.493 e. The van der Waals surface area contributed by atoms with Gasteiger partial charge in [0.1, 0.15) is 0 Å². The van der Waals surface area contributed by atoms with Gasteiger partial charge in [0.2, 0.25) is 10.0 Å². The maximum absolute atomic E-state index is 12.9. The summed E-state index contributed by atoms with van der Waals surface area (Å²) in [6.45, 7) is -1.58. The molecule has 1 amide bonds. The van der Waals surface area contributed by atoms with Gasteiger partial charge >= 0.3 is 6.61 Å². The monoisotopic (exact) mass is 468 g/mol. The number of para-hydroxylation sites is 1. The molecule has 0 N–H and O–H groups in total. The maximum atomic E-state index is 12.9. The van der Waals surface area contributed by atoms with E-state index in [1.54, 1.807) is 0 Å². The van der Waals surface area contributed by atoms with Gasteiger partial charge in [-0.1, -0.05) is 18.2 Å². The second-order valence-electron chi connectivity index (χ2n) is 6.99. The van der Waals surface area contributed by atoms with Crippen LogP contribution in [0.1, 0.15) is 27.6 Å². The van der Waals surface area contributed by atoms with Crippen LogP contribution in [0, 0.1) is 0 Å². The topological polar surface area (TPSA) is 93.2 Å². The quantitative estimate of drug-likeness (QED) is 0.580. The van der Waals surface area contributed by atoms with Crippen molar-refractivity contribution in [3.05, 3.63) is 53.6 Å². The molecule has 32 heavy (non-hydrogen) atoms. The number of nitrogens with zero attached hydrogens (tertiary/aromatic N) is 2. The van der Waals surface area contributed by atoms with Gasteiger partial charge in [-0.2, -0.15) is 13.1 Å². The van der Waals surface area contributed by atoms with Gasteiger partial charge < -0.3 is 14.4 Å². The Bertz CT molecular complexity index is 1100. The highest BCUT2D eigenvalue weighted by Gasteiger charge is 2.32. The Morgan fingerprint density at radius 1 is 1.00 bits per heavy atom. The smallest absolute Gasteiger partial charge is 0.387 e. The molecule has 2 aromatic carbocycles. The van der Waals surface area contributed by atoms with E-state index in [2.05, 4.69) is 4.74 Å². The molecule has 2 aromatic rings. The molecule has 3 rings (SSSR count). The minimum absolute atomic E-state index is 0.00799. The number of methoxy groups -OCH3 is 1. The molecule has 0 radical (unpaired) electrons. The molecular weight excluding hydrogens is 446 g/mol. The Morgan fingerprint density at radius 3 is 2.16 bits per heavy atom. The predicted octanol–water partition coefficient (Wildman–Crippen LogP) is 2.65. The standard InChI is InChI=1S/C21H22F2N2O6S/c1-14(26)15-6-8-16(9-7-15)32(28,29)25-12-10-24(11-13-25)20(27)17-4-3-5-18(30-2)19(17)31-21(22)23/h3-9,21H,10-13H2,1-2H3. The van der Waals surface area contributed by atoms with Crippen molar-refractivity contribution >= 4 is 21.7 Å². The van der Waals surface area contributed by atoms with Gasteiger partial charge in [-0.05, 0) is 31.2 Å². The van der Waals surface area contributed by atoms with Crippen LogP contribution in [0.2, 0.25) is 0 Å². The van der Waals surface area contributed by atoms with Crippen LogP contribution in [-0.4, -0.2) is 69.2 Å². The van der Waals surface area contributed by atoms with Crippen molar-refractivity contribution in [2.24, 2.45) is 0 Å². The van der Waals surface area contributed by atoms with E-state index >= 15 is 0 Å². The summed E-state index contributed by atoms with van der Waals surface area (Å²) in [5, 5.41) is 0. The van der Waals surface area contributed by atoms with E-state index in [-0.39, 0.29) is 53.9 Å². The van der Waals surface area contributed by atoms with Gasteiger partial charge in [-0.25, -0.2) is 8.42 Å². The molecule has 172 valence electrons. The van der Waals surface area contributed by atoms with Gasteiger partial charge in [0, 0.05) is 31.7 Å². The van der Waals surface area contributed by atoms with E-state index in [4.69, 9.17) is 4.74 Å². The van der Waals surface area contributed by atoms with Crippen molar-refractivity contribution in [1.29, 1.82) is 0 Å². The first kappa shape index (κ1) is 23.6. The summed E-state index contributed by atoms with van der Waals surface area (Å²) in [5.41, 5.74) is 0.306. The zero-order chi connectivity index (χ0) is 23.5. The Labute approximate surface area is 184 Å². The first-order chi connectivity index (χ1) is 15.1. The van der Waals surface area contributed by atoms with Gasteiger partial charge in [0.25, 0.3) is 5.91 Å². The van der Waals surface area contributed by atoms with E-state index in [0.29, 0.717) is 5.56 Å². The molecule has 1 aliphatic rings. The molecular formula is C21H22F2N2O6S. The Hall–Kier alpha value is -3.05. The summed E-state index contributed by atoms with van der Waals surface area (Å²) >= 11 is 0. The highest BCUT2D eigenvalue weighted by Crippen LogP contribution is 2.33. The van der Waals surface area contributed by atoms with Crippen LogP contribution < -0.4 is 9.47 Å². The molecule has 0 aromatic heterocycles. The Morgan fingerprint density at radius 2 is 1.62 bits per heavy atom. The molecule has 0 unspecified atom stereocenters. The molecule has 0 bridgehead atoms. The second-order valence-corrected chi connectivity index (χ2v) is 8.93. The lowest BCUT2D eigenvalue weighted by atomic mass is 10.1. The van der Waals surface area contributed by atoms with Crippen LogP contribution in [-0.2, 0) is 10.0 Å². The summed E-state index contributed by atoms with van der Waals surface area (Å²) in [7, 11) is -2.54. The first-order valence-corrected chi connectivity index (χ1v) is 11.1. The molecule has 1 heterocycles. The van der Waals surface area contributed by atoms with Gasteiger partial charge in [0.15, 0.2) is 17.3 Å². The van der Waals surface area contributed by atoms with E-state index in [1.807, 2.05) is 0 Å². The fourth-order valence-electron chi connectivity index (χ4n) is 3.37. The summed E-state index contributed by atoms with van der Waals surface area (Å²) in [6, 6.07) is 9.86. The van der Waals surface area contributed by atoms with Crippen molar-refractivity contribution in [2.45, 2.75) is 18.4 Å². The molecule has 8 nitrogen and oxygen atoms in total. The number of benzene rings is 2. The lowest BCUT2D eigenvalue weighted by Crippen LogP contribution is -2.50. The average molecular weight is 468 g/mol. The number of alkyl halides is 2. The van der Waals surface area contributed by atoms with Crippen LogP contribution in [0.4, 0.5) is 8.78 Å². The lowest BCUT2D eigenvalue weighted by molar-refractivity contribution is -0.0516. The van der Waals surface area contributed by atoms with Crippen molar-refractivity contribution in [1.82, 2.24) is 9.21 Å². The third-order valence-electron chi connectivity index (χ3n) is 5.06. The Balaban J connectivity index is 1.74. The number of piperazine rings is 1. The fourth-order valence-corrected chi connectivity index (χ4v) is 4.79. The van der Waals surface area contributed by atoms with Crippen molar-refractivity contribution in [3.63, 3.8) is 0 Å². The molecule has 1 saturated heterocycles. The number of carbonyl (C=O) groups is 2. The van der Waals surface area contributed by atoms with Crippen molar-refractivity contribution in [2.75, 3.05) is 33.3 Å². The lowest BCUT2D eigenvalue weighted by Gasteiger charge is -2.34. The zero-order valence-corrected chi connectivity index (χ0v) is 18.3. The van der Waals surface area contributed by atoms with E-state index in [1.165, 1.54) is 65.7 Å². The number of ether oxygens (including phenoxy) is 2. The first-order valence-electron chi connectivity index (χ1n) is 9.67. The van der Waals surface area contributed by atoms with E-state index < -0.39 is 22.5 Å².